The summed E-state index contributed by atoms with van der Waals surface area (Å²) in [5, 5.41) is 0.0560. The Kier molecular flexibility index (Phi) is 3.38. The maximum Gasteiger partial charge on any atom is 0.239 e. The van der Waals surface area contributed by atoms with Crippen molar-refractivity contribution in [1.82, 2.24) is 9.97 Å². The molecule has 0 saturated heterocycles. The highest BCUT2D eigenvalue weighted by atomic mass is 35.5. The lowest BCUT2D eigenvalue weighted by Crippen LogP contribution is -2.22. The van der Waals surface area contributed by atoms with Gasteiger partial charge >= 0.3 is 0 Å². The zero-order valence-corrected chi connectivity index (χ0v) is 11.2. The maximum absolute atomic E-state index is 6.28. The molecule has 3 nitrogen and oxygen atoms in total. The molecule has 17 heavy (non-hydrogen) atoms. The predicted octanol–water partition coefficient (Wildman–Crippen LogP) is 3.30. The van der Waals surface area contributed by atoms with Gasteiger partial charge in [-0.2, -0.15) is 0 Å². The predicted molar refractivity (Wildman–Crippen MR) is 69.2 cm³/mol. The molecular weight excluding hydrogens is 236 g/mol. The number of nitrogens with zero attached hydrogens (tertiary/aromatic N) is 2. The standard InChI is InChI=1S/C13H17ClN2O/c1-13(2)7-9(6-10(14)8-13)11-12(17-3)16-5-4-15-11/h4-6,10H,7-8H2,1-3H3. The van der Waals surface area contributed by atoms with Crippen molar-refractivity contribution in [3.63, 3.8) is 0 Å². The van der Waals surface area contributed by atoms with E-state index in [1.165, 1.54) is 0 Å². The Balaban J connectivity index is 2.39. The van der Waals surface area contributed by atoms with E-state index < -0.39 is 0 Å². The molecule has 1 aliphatic carbocycles. The van der Waals surface area contributed by atoms with Gasteiger partial charge in [-0.15, -0.1) is 11.6 Å². The Morgan fingerprint density at radius 2 is 2.06 bits per heavy atom. The highest BCUT2D eigenvalue weighted by molar-refractivity contribution is 6.22. The minimum atomic E-state index is 0.0560. The second-order valence-electron chi connectivity index (χ2n) is 5.17. The molecule has 0 aliphatic heterocycles. The fourth-order valence-corrected chi connectivity index (χ4v) is 2.88. The Morgan fingerprint density at radius 3 is 2.71 bits per heavy atom. The monoisotopic (exact) mass is 252 g/mol. The van der Waals surface area contributed by atoms with Crippen molar-refractivity contribution in [3.05, 3.63) is 24.2 Å². The van der Waals surface area contributed by atoms with Crippen LogP contribution in [0.4, 0.5) is 0 Å². The highest BCUT2D eigenvalue weighted by Crippen LogP contribution is 2.42. The number of hydrogen-bond donors (Lipinski definition) is 0. The van der Waals surface area contributed by atoms with Gasteiger partial charge in [0.15, 0.2) is 0 Å². The van der Waals surface area contributed by atoms with Crippen LogP contribution in [-0.2, 0) is 0 Å². The van der Waals surface area contributed by atoms with Gasteiger partial charge in [-0.1, -0.05) is 19.9 Å². The van der Waals surface area contributed by atoms with Gasteiger partial charge in [-0.3, -0.25) is 0 Å². The van der Waals surface area contributed by atoms with Crippen LogP contribution in [0.5, 0.6) is 5.88 Å². The molecule has 1 aliphatic rings. The lowest BCUT2D eigenvalue weighted by molar-refractivity contribution is 0.338. The molecule has 0 N–H and O–H groups in total. The summed E-state index contributed by atoms with van der Waals surface area (Å²) in [4.78, 5) is 8.54. The van der Waals surface area contributed by atoms with Gasteiger partial charge < -0.3 is 4.74 Å². The fourth-order valence-electron chi connectivity index (χ4n) is 2.31. The van der Waals surface area contributed by atoms with E-state index in [9.17, 15) is 0 Å². The Hall–Kier alpha value is -1.09. The average molecular weight is 253 g/mol. The molecule has 2 rings (SSSR count). The van der Waals surface area contributed by atoms with Crippen molar-refractivity contribution >= 4 is 17.2 Å². The number of halogens is 1. The quantitative estimate of drug-likeness (QED) is 0.758. The van der Waals surface area contributed by atoms with Crippen molar-refractivity contribution in [2.45, 2.75) is 32.1 Å². The normalized spacial score (nSPS) is 23.1. The number of ether oxygens (including phenoxy) is 1. The number of rotatable bonds is 2. The van der Waals surface area contributed by atoms with Crippen molar-refractivity contribution in [2.75, 3.05) is 7.11 Å². The molecule has 0 spiro atoms. The lowest BCUT2D eigenvalue weighted by Gasteiger charge is -2.32. The maximum atomic E-state index is 6.28. The van der Waals surface area contributed by atoms with Crippen LogP contribution in [0.1, 0.15) is 32.4 Å². The first-order chi connectivity index (χ1) is 8.02. The fraction of sp³-hybridized carbons (Fsp3) is 0.538. The van der Waals surface area contributed by atoms with Crippen molar-refractivity contribution in [3.8, 4) is 5.88 Å². The first-order valence-corrected chi connectivity index (χ1v) is 6.15. The molecule has 0 fully saturated rings. The number of hydrogen-bond acceptors (Lipinski definition) is 3. The second-order valence-corrected chi connectivity index (χ2v) is 5.73. The van der Waals surface area contributed by atoms with E-state index in [0.717, 1.165) is 24.1 Å². The third-order valence-corrected chi connectivity index (χ3v) is 3.24. The summed E-state index contributed by atoms with van der Waals surface area (Å²) in [5.74, 6) is 0.570. The third kappa shape index (κ3) is 2.78. The van der Waals surface area contributed by atoms with Gasteiger partial charge in [0, 0.05) is 12.4 Å². The minimum absolute atomic E-state index is 0.0560. The molecule has 4 heteroatoms. The number of aromatic nitrogens is 2. The molecule has 0 aromatic carbocycles. The van der Waals surface area contributed by atoms with E-state index in [2.05, 4.69) is 29.9 Å². The Bertz CT molecular complexity index is 443. The van der Waals surface area contributed by atoms with Gasteiger partial charge in [0.25, 0.3) is 0 Å². The molecule has 1 unspecified atom stereocenters. The molecule has 0 bridgehead atoms. The SMILES string of the molecule is COc1nccnc1C1=CC(Cl)CC(C)(C)C1. The average Bonchev–Trinajstić information content (AvgIpc) is 2.26. The van der Waals surface area contributed by atoms with Crippen LogP contribution in [0.15, 0.2) is 18.5 Å². The van der Waals surface area contributed by atoms with Crippen molar-refractivity contribution in [2.24, 2.45) is 5.41 Å². The largest absolute Gasteiger partial charge is 0.479 e. The number of methoxy groups -OCH3 is 1. The number of alkyl halides is 1. The van der Waals surface area contributed by atoms with Gasteiger partial charge in [-0.25, -0.2) is 9.97 Å². The Labute approximate surface area is 107 Å². The highest BCUT2D eigenvalue weighted by Gasteiger charge is 2.29. The first kappa shape index (κ1) is 12.4. The zero-order valence-electron chi connectivity index (χ0n) is 10.4. The summed E-state index contributed by atoms with van der Waals surface area (Å²) < 4.78 is 5.24. The molecule has 0 radical (unpaired) electrons. The molecule has 1 atom stereocenters. The van der Waals surface area contributed by atoms with Gasteiger partial charge in [0.05, 0.1) is 12.5 Å². The minimum Gasteiger partial charge on any atom is -0.479 e. The summed E-state index contributed by atoms with van der Waals surface area (Å²) in [5.41, 5.74) is 2.14. The summed E-state index contributed by atoms with van der Waals surface area (Å²) >= 11 is 6.28. The lowest BCUT2D eigenvalue weighted by atomic mass is 9.76. The zero-order chi connectivity index (χ0) is 12.5. The second kappa shape index (κ2) is 4.65. The summed E-state index contributed by atoms with van der Waals surface area (Å²) in [6, 6.07) is 0. The van der Waals surface area contributed by atoms with E-state index in [4.69, 9.17) is 16.3 Å². The van der Waals surface area contributed by atoms with Crippen LogP contribution < -0.4 is 4.74 Å². The third-order valence-electron chi connectivity index (χ3n) is 2.96. The van der Waals surface area contributed by atoms with Crippen LogP contribution in [0.25, 0.3) is 5.57 Å². The van der Waals surface area contributed by atoms with Crippen LogP contribution in [0.3, 0.4) is 0 Å². The Morgan fingerprint density at radius 1 is 1.35 bits per heavy atom. The summed E-state index contributed by atoms with van der Waals surface area (Å²) in [6.45, 7) is 4.44. The van der Waals surface area contributed by atoms with Crippen molar-refractivity contribution in [1.29, 1.82) is 0 Å². The topological polar surface area (TPSA) is 35.0 Å². The van der Waals surface area contributed by atoms with E-state index in [-0.39, 0.29) is 10.8 Å². The first-order valence-electron chi connectivity index (χ1n) is 5.72. The number of allylic oxidation sites excluding steroid dienone is 2. The van der Waals surface area contributed by atoms with Gasteiger partial charge in [0.1, 0.15) is 5.69 Å². The summed E-state index contributed by atoms with van der Waals surface area (Å²) in [6.07, 6.45) is 7.32. The smallest absolute Gasteiger partial charge is 0.239 e. The van der Waals surface area contributed by atoms with Crippen molar-refractivity contribution < 1.29 is 4.74 Å². The molecular formula is C13H17ClN2O. The van der Waals surface area contributed by atoms with E-state index in [1.807, 2.05) is 0 Å². The van der Waals surface area contributed by atoms with Crippen LogP contribution in [0.2, 0.25) is 0 Å². The summed E-state index contributed by atoms with van der Waals surface area (Å²) in [7, 11) is 1.61. The van der Waals surface area contributed by atoms with Crippen LogP contribution >= 0.6 is 11.6 Å². The van der Waals surface area contributed by atoms with E-state index >= 15 is 0 Å². The molecule has 1 heterocycles. The van der Waals surface area contributed by atoms with E-state index in [1.54, 1.807) is 19.5 Å². The molecule has 0 saturated carbocycles. The van der Waals surface area contributed by atoms with Gasteiger partial charge in [0.2, 0.25) is 5.88 Å². The molecule has 92 valence electrons. The van der Waals surface area contributed by atoms with Gasteiger partial charge in [-0.05, 0) is 23.8 Å². The van der Waals surface area contributed by atoms with Crippen LogP contribution in [0, 0.1) is 5.41 Å². The molecule has 1 aromatic heterocycles. The van der Waals surface area contributed by atoms with Crippen LogP contribution in [-0.4, -0.2) is 22.5 Å². The molecule has 0 amide bonds. The van der Waals surface area contributed by atoms with E-state index in [0.29, 0.717) is 5.88 Å². The molecule has 1 aromatic rings.